The normalized spacial score (nSPS) is 11.4. The maximum atomic E-state index is 12.1. The number of ketones is 1. The zero-order valence-electron chi connectivity index (χ0n) is 11.8. The molecule has 0 saturated carbocycles. The van der Waals surface area contributed by atoms with Crippen LogP contribution in [-0.2, 0) is 9.53 Å². The number of hydrogen-bond acceptors (Lipinski definition) is 7. The molecule has 0 saturated heterocycles. The molecular weight excluding hydrogens is 266 g/mol. The standard InChI is InChI=1S/C13H17NO6/c1-17-8-5-7(6-9(18-2)12(8)19-3)11(15)10(14)13(16)20-4/h5-6,10H,14H2,1-4H3. The summed E-state index contributed by atoms with van der Waals surface area (Å²) in [4.78, 5) is 23.4. The summed E-state index contributed by atoms with van der Waals surface area (Å²) in [6, 6.07) is 1.45. The molecular formula is C13H17NO6. The van der Waals surface area contributed by atoms with Crippen molar-refractivity contribution in [2.45, 2.75) is 6.04 Å². The topological polar surface area (TPSA) is 97.1 Å². The van der Waals surface area contributed by atoms with Gasteiger partial charge in [-0.3, -0.25) is 4.79 Å². The van der Waals surface area contributed by atoms with Gasteiger partial charge in [-0.2, -0.15) is 0 Å². The molecule has 0 amide bonds. The Bertz CT molecular complexity index is 489. The van der Waals surface area contributed by atoms with E-state index < -0.39 is 17.8 Å². The average Bonchev–Trinajstić information content (AvgIpc) is 2.50. The molecule has 0 spiro atoms. The molecule has 0 aromatic heterocycles. The number of nitrogens with two attached hydrogens (primary N) is 1. The van der Waals surface area contributed by atoms with Crippen molar-refractivity contribution in [2.24, 2.45) is 5.73 Å². The highest BCUT2D eigenvalue weighted by molar-refractivity contribution is 6.12. The van der Waals surface area contributed by atoms with Gasteiger partial charge in [0.25, 0.3) is 0 Å². The largest absolute Gasteiger partial charge is 0.493 e. The van der Waals surface area contributed by atoms with E-state index >= 15 is 0 Å². The second kappa shape index (κ2) is 6.76. The first kappa shape index (κ1) is 15.8. The minimum Gasteiger partial charge on any atom is -0.493 e. The molecule has 0 heterocycles. The molecule has 0 fully saturated rings. The molecule has 0 aliphatic carbocycles. The third-order valence-corrected chi connectivity index (χ3v) is 2.69. The van der Waals surface area contributed by atoms with Gasteiger partial charge in [-0.1, -0.05) is 0 Å². The molecule has 1 atom stereocenters. The van der Waals surface area contributed by atoms with E-state index in [2.05, 4.69) is 4.74 Å². The smallest absolute Gasteiger partial charge is 0.330 e. The molecule has 20 heavy (non-hydrogen) atoms. The average molecular weight is 283 g/mol. The molecule has 1 rings (SSSR count). The molecule has 1 unspecified atom stereocenters. The van der Waals surface area contributed by atoms with E-state index in [0.717, 1.165) is 7.11 Å². The van der Waals surface area contributed by atoms with Crippen LogP contribution in [0.2, 0.25) is 0 Å². The molecule has 7 nitrogen and oxygen atoms in total. The Morgan fingerprint density at radius 2 is 1.50 bits per heavy atom. The second-order valence-electron chi connectivity index (χ2n) is 3.78. The highest BCUT2D eigenvalue weighted by atomic mass is 16.5. The van der Waals surface area contributed by atoms with Gasteiger partial charge < -0.3 is 24.7 Å². The van der Waals surface area contributed by atoms with Crippen LogP contribution in [0.4, 0.5) is 0 Å². The molecule has 2 N–H and O–H groups in total. The lowest BCUT2D eigenvalue weighted by Crippen LogP contribution is -2.39. The van der Waals surface area contributed by atoms with Crippen LogP contribution in [0.25, 0.3) is 0 Å². The summed E-state index contributed by atoms with van der Waals surface area (Å²) in [5.74, 6) is -0.474. The first-order valence-electron chi connectivity index (χ1n) is 5.67. The Kier molecular flexibility index (Phi) is 5.33. The summed E-state index contributed by atoms with van der Waals surface area (Å²) < 4.78 is 19.8. The number of esters is 1. The maximum absolute atomic E-state index is 12.1. The lowest BCUT2D eigenvalue weighted by Gasteiger charge is -2.15. The zero-order valence-corrected chi connectivity index (χ0v) is 11.8. The fraction of sp³-hybridized carbons (Fsp3) is 0.385. The molecule has 0 aliphatic rings. The lowest BCUT2D eigenvalue weighted by atomic mass is 10.0. The number of Topliss-reactive ketones (excluding diaryl/α,β-unsaturated/α-hetero) is 1. The number of methoxy groups -OCH3 is 4. The maximum Gasteiger partial charge on any atom is 0.330 e. The van der Waals surface area contributed by atoms with Gasteiger partial charge >= 0.3 is 5.97 Å². The number of carbonyl (C=O) groups excluding carboxylic acids is 2. The Labute approximate surface area is 116 Å². The summed E-state index contributed by atoms with van der Waals surface area (Å²) in [7, 11) is 5.45. The monoisotopic (exact) mass is 283 g/mol. The first-order chi connectivity index (χ1) is 9.49. The van der Waals surface area contributed by atoms with E-state index in [-0.39, 0.29) is 5.56 Å². The minimum atomic E-state index is -1.40. The van der Waals surface area contributed by atoms with Crippen molar-refractivity contribution in [3.8, 4) is 17.2 Å². The third-order valence-electron chi connectivity index (χ3n) is 2.69. The van der Waals surface area contributed by atoms with Gasteiger partial charge in [0.2, 0.25) is 5.75 Å². The SMILES string of the molecule is COC(=O)C(N)C(=O)c1cc(OC)c(OC)c(OC)c1. The Hall–Kier alpha value is -2.28. The molecule has 0 aliphatic heterocycles. The van der Waals surface area contributed by atoms with Crippen molar-refractivity contribution in [1.82, 2.24) is 0 Å². The molecule has 7 heteroatoms. The van der Waals surface area contributed by atoms with Crippen LogP contribution in [0.5, 0.6) is 17.2 Å². The number of ether oxygens (including phenoxy) is 4. The van der Waals surface area contributed by atoms with Crippen LogP contribution >= 0.6 is 0 Å². The fourth-order valence-electron chi connectivity index (χ4n) is 1.64. The summed E-state index contributed by atoms with van der Waals surface area (Å²) in [5, 5.41) is 0. The van der Waals surface area contributed by atoms with Crippen LogP contribution in [0.1, 0.15) is 10.4 Å². The van der Waals surface area contributed by atoms with E-state index in [1.807, 2.05) is 0 Å². The van der Waals surface area contributed by atoms with Crippen molar-refractivity contribution < 1.29 is 28.5 Å². The van der Waals surface area contributed by atoms with Crippen LogP contribution in [0.3, 0.4) is 0 Å². The first-order valence-corrected chi connectivity index (χ1v) is 5.67. The van der Waals surface area contributed by atoms with Gasteiger partial charge in [0.15, 0.2) is 23.3 Å². The number of benzene rings is 1. The van der Waals surface area contributed by atoms with Crippen molar-refractivity contribution >= 4 is 11.8 Å². The lowest BCUT2D eigenvalue weighted by molar-refractivity contribution is -0.140. The van der Waals surface area contributed by atoms with Crippen LogP contribution in [0, 0.1) is 0 Å². The highest BCUT2D eigenvalue weighted by Crippen LogP contribution is 2.38. The van der Waals surface area contributed by atoms with Gasteiger partial charge in [0.1, 0.15) is 0 Å². The Morgan fingerprint density at radius 3 is 1.85 bits per heavy atom. The molecule has 1 aromatic rings. The van der Waals surface area contributed by atoms with E-state index in [4.69, 9.17) is 19.9 Å². The van der Waals surface area contributed by atoms with Crippen LogP contribution in [-0.4, -0.2) is 46.2 Å². The van der Waals surface area contributed by atoms with Crippen molar-refractivity contribution in [2.75, 3.05) is 28.4 Å². The summed E-state index contributed by atoms with van der Waals surface area (Å²) in [6.07, 6.45) is 0. The number of rotatable bonds is 6. The van der Waals surface area contributed by atoms with Gasteiger partial charge in [-0.15, -0.1) is 0 Å². The van der Waals surface area contributed by atoms with Gasteiger partial charge in [0, 0.05) is 5.56 Å². The summed E-state index contributed by atoms with van der Waals surface area (Å²) in [6.45, 7) is 0. The van der Waals surface area contributed by atoms with E-state index in [0.29, 0.717) is 17.2 Å². The third kappa shape index (κ3) is 3.00. The highest BCUT2D eigenvalue weighted by Gasteiger charge is 2.26. The van der Waals surface area contributed by atoms with Crippen LogP contribution < -0.4 is 19.9 Å². The summed E-state index contributed by atoms with van der Waals surface area (Å²) >= 11 is 0. The van der Waals surface area contributed by atoms with E-state index in [1.165, 1.54) is 33.5 Å². The number of carbonyl (C=O) groups is 2. The Balaban J connectivity index is 3.26. The van der Waals surface area contributed by atoms with Gasteiger partial charge in [-0.05, 0) is 12.1 Å². The predicted molar refractivity (Wildman–Crippen MR) is 70.4 cm³/mol. The van der Waals surface area contributed by atoms with E-state index in [1.54, 1.807) is 0 Å². The molecule has 0 bridgehead atoms. The van der Waals surface area contributed by atoms with Crippen molar-refractivity contribution in [3.05, 3.63) is 17.7 Å². The molecule has 1 aromatic carbocycles. The van der Waals surface area contributed by atoms with Crippen LogP contribution in [0.15, 0.2) is 12.1 Å². The zero-order chi connectivity index (χ0) is 15.3. The second-order valence-corrected chi connectivity index (χ2v) is 3.78. The summed E-state index contributed by atoms with van der Waals surface area (Å²) in [5.41, 5.74) is 5.68. The van der Waals surface area contributed by atoms with Gasteiger partial charge in [-0.25, -0.2) is 4.79 Å². The quantitative estimate of drug-likeness (QED) is 0.458. The molecule has 0 radical (unpaired) electrons. The Morgan fingerprint density at radius 1 is 1.00 bits per heavy atom. The van der Waals surface area contributed by atoms with Gasteiger partial charge in [0.05, 0.1) is 28.4 Å². The van der Waals surface area contributed by atoms with Crippen molar-refractivity contribution in [3.63, 3.8) is 0 Å². The van der Waals surface area contributed by atoms with E-state index in [9.17, 15) is 9.59 Å². The molecule has 110 valence electrons. The predicted octanol–water partition coefficient (Wildman–Crippen LogP) is 0.395. The minimum absolute atomic E-state index is 0.164. The van der Waals surface area contributed by atoms with Crippen molar-refractivity contribution in [1.29, 1.82) is 0 Å². The fourth-order valence-corrected chi connectivity index (χ4v) is 1.64. The number of hydrogen-bond donors (Lipinski definition) is 1.